The van der Waals surface area contributed by atoms with Crippen molar-refractivity contribution in [2.45, 2.75) is 46.5 Å². The highest BCUT2D eigenvalue weighted by Gasteiger charge is 2.08. The second kappa shape index (κ2) is 13.0. The minimum atomic E-state index is -0.220. The van der Waals surface area contributed by atoms with Gasteiger partial charge in [-0.25, -0.2) is 4.79 Å². The van der Waals surface area contributed by atoms with E-state index in [9.17, 15) is 4.79 Å². The van der Waals surface area contributed by atoms with E-state index in [0.717, 1.165) is 11.7 Å². The van der Waals surface area contributed by atoms with Gasteiger partial charge >= 0.3 is 6.09 Å². The molecule has 1 amide bonds. The molecule has 0 fully saturated rings. The molecule has 1 atom stereocenters. The molecule has 0 aliphatic heterocycles. The van der Waals surface area contributed by atoms with Crippen molar-refractivity contribution >= 4 is 27.7 Å². The fraction of sp³-hybridized carbons (Fsp3) is 0.929. The number of hydrogen-bond acceptors (Lipinski definition) is 4. The summed E-state index contributed by atoms with van der Waals surface area (Å²) >= 11 is 0. The average Bonchev–Trinajstić information content (AvgIpc) is 2.44. The molecule has 19 heavy (non-hydrogen) atoms. The molecule has 0 rings (SSSR count). The van der Waals surface area contributed by atoms with Crippen molar-refractivity contribution in [3.63, 3.8) is 0 Å². The van der Waals surface area contributed by atoms with E-state index in [1.165, 1.54) is 31.4 Å². The smallest absolute Gasteiger partial charge is 0.409 e. The third-order valence-corrected chi connectivity index (χ3v) is 5.62. The van der Waals surface area contributed by atoms with Gasteiger partial charge in [0, 0.05) is 25.1 Å². The zero-order valence-electron chi connectivity index (χ0n) is 12.8. The fourth-order valence-electron chi connectivity index (χ4n) is 1.50. The molecule has 114 valence electrons. The van der Waals surface area contributed by atoms with Gasteiger partial charge in [-0.2, -0.15) is 0 Å². The Morgan fingerprint density at radius 1 is 1.26 bits per heavy atom. The van der Waals surface area contributed by atoms with E-state index < -0.39 is 0 Å². The van der Waals surface area contributed by atoms with E-state index in [0.29, 0.717) is 13.2 Å². The molecule has 0 N–H and O–H groups in total. The first-order chi connectivity index (χ1) is 9.15. The molecule has 0 aromatic heterocycles. The summed E-state index contributed by atoms with van der Waals surface area (Å²) in [6.07, 6.45) is 5.02. The fourth-order valence-corrected chi connectivity index (χ4v) is 3.89. The van der Waals surface area contributed by atoms with Crippen LogP contribution in [0.2, 0.25) is 0 Å². The average molecular weight is 308 g/mol. The molecule has 0 unspecified atom stereocenters. The van der Waals surface area contributed by atoms with Gasteiger partial charge in [0.15, 0.2) is 0 Å². The summed E-state index contributed by atoms with van der Waals surface area (Å²) in [5.74, 6) is 2.92. The van der Waals surface area contributed by atoms with Crippen molar-refractivity contribution in [1.29, 1.82) is 0 Å². The first-order valence-corrected chi connectivity index (χ1v) is 9.76. The molecule has 0 spiro atoms. The van der Waals surface area contributed by atoms with Gasteiger partial charge in [0.05, 0.1) is 0 Å². The van der Waals surface area contributed by atoms with Crippen LogP contribution in [0.3, 0.4) is 0 Å². The molecule has 0 aliphatic rings. The molecular formula is C14H29NO2S2. The maximum Gasteiger partial charge on any atom is 0.409 e. The first-order valence-electron chi connectivity index (χ1n) is 7.27. The Morgan fingerprint density at radius 3 is 2.58 bits per heavy atom. The highest BCUT2D eigenvalue weighted by Crippen LogP contribution is 2.27. The standard InChI is InChI=1S/C14H29NO2S2/c1-5-8-9-13(6-2)12-19-18-11-10-17-14(16)15(4)7-3/h13H,5-12H2,1-4H3/t13-/m1/s1. The van der Waals surface area contributed by atoms with Gasteiger partial charge in [0.25, 0.3) is 0 Å². The number of carbonyl (C=O) groups is 1. The third-order valence-electron chi connectivity index (χ3n) is 3.11. The zero-order valence-corrected chi connectivity index (χ0v) is 14.4. The van der Waals surface area contributed by atoms with Crippen LogP contribution in [0.5, 0.6) is 0 Å². The van der Waals surface area contributed by atoms with E-state index in [4.69, 9.17) is 4.74 Å². The summed E-state index contributed by atoms with van der Waals surface area (Å²) in [5, 5.41) is 0. The number of hydrogen-bond donors (Lipinski definition) is 0. The Bertz CT molecular complexity index is 227. The maximum atomic E-state index is 11.4. The minimum absolute atomic E-state index is 0.220. The van der Waals surface area contributed by atoms with Gasteiger partial charge in [0.1, 0.15) is 6.61 Å². The highest BCUT2D eigenvalue weighted by atomic mass is 33.1. The Balaban J connectivity index is 3.46. The van der Waals surface area contributed by atoms with E-state index in [1.807, 2.05) is 28.5 Å². The molecule has 0 aliphatic carbocycles. The third kappa shape index (κ3) is 10.4. The zero-order chi connectivity index (χ0) is 14.5. The van der Waals surface area contributed by atoms with Crippen molar-refractivity contribution in [2.75, 3.05) is 31.7 Å². The van der Waals surface area contributed by atoms with Crippen molar-refractivity contribution in [3.8, 4) is 0 Å². The Hall–Kier alpha value is -0.0300. The number of ether oxygens (including phenoxy) is 1. The molecular weight excluding hydrogens is 278 g/mol. The van der Waals surface area contributed by atoms with Gasteiger partial charge in [0.2, 0.25) is 0 Å². The van der Waals surface area contributed by atoms with Gasteiger partial charge in [-0.05, 0) is 19.3 Å². The Labute approximate surface area is 126 Å². The lowest BCUT2D eigenvalue weighted by Crippen LogP contribution is -2.27. The summed E-state index contributed by atoms with van der Waals surface area (Å²) in [5.41, 5.74) is 0. The van der Waals surface area contributed by atoms with E-state index in [2.05, 4.69) is 13.8 Å². The molecule has 0 aromatic carbocycles. The normalized spacial score (nSPS) is 12.2. The molecule has 0 saturated carbocycles. The maximum absolute atomic E-state index is 11.4. The summed E-state index contributed by atoms with van der Waals surface area (Å²) in [6, 6.07) is 0. The van der Waals surface area contributed by atoms with Crippen molar-refractivity contribution in [3.05, 3.63) is 0 Å². The Kier molecular flexibility index (Phi) is 13.0. The topological polar surface area (TPSA) is 29.5 Å². The molecule has 0 saturated heterocycles. The number of amides is 1. The number of rotatable bonds is 11. The lowest BCUT2D eigenvalue weighted by atomic mass is 10.0. The number of carbonyl (C=O) groups excluding carboxylic acids is 1. The molecule has 5 heteroatoms. The van der Waals surface area contributed by atoms with Gasteiger partial charge in [-0.1, -0.05) is 54.7 Å². The second-order valence-electron chi connectivity index (χ2n) is 4.65. The summed E-state index contributed by atoms with van der Waals surface area (Å²) < 4.78 is 5.15. The van der Waals surface area contributed by atoms with Crippen LogP contribution in [0.4, 0.5) is 4.79 Å². The minimum Gasteiger partial charge on any atom is -0.449 e. The van der Waals surface area contributed by atoms with Crippen molar-refractivity contribution in [2.24, 2.45) is 5.92 Å². The first kappa shape index (κ1) is 19.0. The Morgan fingerprint density at radius 2 is 2.00 bits per heavy atom. The predicted molar refractivity (Wildman–Crippen MR) is 87.9 cm³/mol. The van der Waals surface area contributed by atoms with Crippen LogP contribution in [0.1, 0.15) is 46.5 Å². The van der Waals surface area contributed by atoms with Crippen LogP contribution in [0.15, 0.2) is 0 Å². The van der Waals surface area contributed by atoms with Crippen LogP contribution in [0, 0.1) is 5.92 Å². The quantitative estimate of drug-likeness (QED) is 0.410. The summed E-state index contributed by atoms with van der Waals surface area (Å²) in [4.78, 5) is 12.9. The number of nitrogens with zero attached hydrogens (tertiary/aromatic N) is 1. The molecule has 0 radical (unpaired) electrons. The predicted octanol–water partition coefficient (Wildman–Crippen LogP) is 4.67. The van der Waals surface area contributed by atoms with Crippen LogP contribution < -0.4 is 0 Å². The van der Waals surface area contributed by atoms with E-state index in [-0.39, 0.29) is 6.09 Å². The largest absolute Gasteiger partial charge is 0.449 e. The van der Waals surface area contributed by atoms with Crippen LogP contribution in [-0.4, -0.2) is 42.7 Å². The van der Waals surface area contributed by atoms with Crippen molar-refractivity contribution < 1.29 is 9.53 Å². The van der Waals surface area contributed by atoms with Crippen LogP contribution in [-0.2, 0) is 4.74 Å². The van der Waals surface area contributed by atoms with Gasteiger partial charge in [-0.3, -0.25) is 0 Å². The molecule has 0 bridgehead atoms. The highest BCUT2D eigenvalue weighted by molar-refractivity contribution is 8.76. The van der Waals surface area contributed by atoms with E-state index in [1.54, 1.807) is 11.9 Å². The molecule has 3 nitrogen and oxygen atoms in total. The lowest BCUT2D eigenvalue weighted by Gasteiger charge is -2.15. The SMILES string of the molecule is CCCC[C@@H](CC)CSSCCOC(=O)N(C)CC. The monoisotopic (exact) mass is 307 g/mol. The van der Waals surface area contributed by atoms with Crippen molar-refractivity contribution in [1.82, 2.24) is 4.90 Å². The van der Waals surface area contributed by atoms with E-state index >= 15 is 0 Å². The molecule has 0 aromatic rings. The summed E-state index contributed by atoms with van der Waals surface area (Å²) in [7, 11) is 5.48. The van der Waals surface area contributed by atoms with Crippen LogP contribution in [0.25, 0.3) is 0 Å². The molecule has 0 heterocycles. The van der Waals surface area contributed by atoms with Gasteiger partial charge < -0.3 is 9.64 Å². The summed E-state index contributed by atoms with van der Waals surface area (Å²) in [6.45, 7) is 7.65. The van der Waals surface area contributed by atoms with Crippen LogP contribution >= 0.6 is 21.6 Å². The van der Waals surface area contributed by atoms with Gasteiger partial charge in [-0.15, -0.1) is 0 Å². The second-order valence-corrected chi connectivity index (χ2v) is 7.28. The lowest BCUT2D eigenvalue weighted by molar-refractivity contribution is 0.119. The number of unbranched alkanes of at least 4 members (excludes halogenated alkanes) is 1.